The molecule has 2 amide bonds. The molecule has 10 heteroatoms. The number of pyridine rings is 1. The van der Waals surface area contributed by atoms with Crippen molar-refractivity contribution in [2.45, 2.75) is 64.3 Å². The van der Waals surface area contributed by atoms with Crippen LogP contribution >= 0.6 is 15.9 Å². The maximum atomic E-state index is 14.0. The Balaban J connectivity index is 1.79. The van der Waals surface area contributed by atoms with Crippen molar-refractivity contribution in [2.75, 3.05) is 19.6 Å². The lowest BCUT2D eigenvalue weighted by molar-refractivity contribution is -0.202. The number of halogens is 4. The van der Waals surface area contributed by atoms with Crippen molar-refractivity contribution in [3.63, 3.8) is 0 Å². The molecular formula is C21H27BrF3N3O3. The minimum Gasteiger partial charge on any atom is -0.444 e. The number of ether oxygens (including phenoxy) is 1. The van der Waals surface area contributed by atoms with Crippen LogP contribution in [-0.4, -0.2) is 58.2 Å². The smallest absolute Gasteiger partial charge is 0.414 e. The molecule has 0 bridgehead atoms. The number of nitrogens with zero attached hydrogens (tertiary/aromatic N) is 3. The average molecular weight is 506 g/mol. The molecule has 1 unspecified atom stereocenters. The molecule has 1 atom stereocenters. The summed E-state index contributed by atoms with van der Waals surface area (Å²) in [7, 11) is 0. The van der Waals surface area contributed by atoms with E-state index in [1.807, 2.05) is 0 Å². The fourth-order valence-corrected chi connectivity index (χ4v) is 4.54. The lowest BCUT2D eigenvalue weighted by Crippen LogP contribution is -2.57. The number of aromatic nitrogens is 1. The third kappa shape index (κ3) is 5.32. The van der Waals surface area contributed by atoms with Gasteiger partial charge in [0.15, 0.2) is 6.04 Å². The molecule has 2 fully saturated rings. The van der Waals surface area contributed by atoms with Crippen LogP contribution in [0.4, 0.5) is 18.0 Å². The van der Waals surface area contributed by atoms with Gasteiger partial charge in [-0.15, -0.1) is 0 Å². The van der Waals surface area contributed by atoms with E-state index in [0.29, 0.717) is 30.2 Å². The Labute approximate surface area is 188 Å². The molecule has 0 aromatic carbocycles. The molecule has 3 rings (SSSR count). The van der Waals surface area contributed by atoms with Crippen LogP contribution in [0.5, 0.6) is 0 Å². The molecule has 31 heavy (non-hydrogen) atoms. The predicted molar refractivity (Wildman–Crippen MR) is 111 cm³/mol. The van der Waals surface area contributed by atoms with Crippen molar-refractivity contribution in [1.82, 2.24) is 14.8 Å². The molecule has 172 valence electrons. The third-order valence-corrected chi connectivity index (χ3v) is 6.26. The second kappa shape index (κ2) is 8.60. The molecule has 0 saturated carbocycles. The van der Waals surface area contributed by atoms with Gasteiger partial charge in [0, 0.05) is 30.3 Å². The first kappa shape index (κ1) is 23.8. The van der Waals surface area contributed by atoms with Gasteiger partial charge in [-0.1, -0.05) is 0 Å². The van der Waals surface area contributed by atoms with Crippen LogP contribution in [0.25, 0.3) is 0 Å². The Morgan fingerprint density at radius 1 is 1.16 bits per heavy atom. The van der Waals surface area contributed by atoms with Crippen molar-refractivity contribution in [3.05, 3.63) is 28.5 Å². The Kier molecular flexibility index (Phi) is 6.60. The minimum atomic E-state index is -4.65. The first-order valence-corrected chi connectivity index (χ1v) is 11.1. The molecular weight excluding hydrogens is 479 g/mol. The Bertz CT molecular complexity index is 816. The number of rotatable bonds is 2. The predicted octanol–water partition coefficient (Wildman–Crippen LogP) is 5.09. The fraction of sp³-hybridized carbons (Fsp3) is 0.667. The second-order valence-electron chi connectivity index (χ2n) is 9.20. The molecule has 1 aromatic heterocycles. The van der Waals surface area contributed by atoms with Gasteiger partial charge >= 0.3 is 12.3 Å². The molecule has 2 saturated heterocycles. The lowest BCUT2D eigenvalue weighted by Gasteiger charge is -2.48. The maximum Gasteiger partial charge on any atom is 0.414 e. The highest BCUT2D eigenvalue weighted by atomic mass is 79.9. The van der Waals surface area contributed by atoms with E-state index in [9.17, 15) is 22.8 Å². The van der Waals surface area contributed by atoms with Crippen molar-refractivity contribution in [1.29, 1.82) is 0 Å². The van der Waals surface area contributed by atoms with Crippen molar-refractivity contribution >= 4 is 27.9 Å². The summed E-state index contributed by atoms with van der Waals surface area (Å²) in [6.45, 7) is 5.90. The molecule has 0 N–H and O–H groups in total. The number of carbonyl (C=O) groups is 2. The van der Waals surface area contributed by atoms with Gasteiger partial charge in [0.2, 0.25) is 5.91 Å². The third-order valence-electron chi connectivity index (χ3n) is 5.79. The molecule has 2 aliphatic heterocycles. The Morgan fingerprint density at radius 2 is 1.81 bits per heavy atom. The summed E-state index contributed by atoms with van der Waals surface area (Å²) in [4.78, 5) is 32.1. The molecule has 1 aromatic rings. The van der Waals surface area contributed by atoms with E-state index in [2.05, 4.69) is 20.9 Å². The van der Waals surface area contributed by atoms with Gasteiger partial charge in [-0.25, -0.2) is 4.79 Å². The zero-order valence-electron chi connectivity index (χ0n) is 17.8. The monoisotopic (exact) mass is 505 g/mol. The average Bonchev–Trinajstić information content (AvgIpc) is 2.65. The van der Waals surface area contributed by atoms with Gasteiger partial charge in [0.25, 0.3) is 0 Å². The summed E-state index contributed by atoms with van der Waals surface area (Å²) in [5.74, 6) is -0.505. The van der Waals surface area contributed by atoms with E-state index < -0.39 is 35.2 Å². The zero-order valence-corrected chi connectivity index (χ0v) is 19.4. The van der Waals surface area contributed by atoms with E-state index in [4.69, 9.17) is 4.74 Å². The van der Waals surface area contributed by atoms with Gasteiger partial charge < -0.3 is 14.5 Å². The summed E-state index contributed by atoms with van der Waals surface area (Å²) >= 11 is 3.18. The van der Waals surface area contributed by atoms with Gasteiger partial charge in [-0.05, 0) is 74.5 Å². The Hall–Kier alpha value is -1.84. The number of carbonyl (C=O) groups excluding carboxylic acids is 2. The van der Waals surface area contributed by atoms with Crippen LogP contribution in [0.3, 0.4) is 0 Å². The lowest BCUT2D eigenvalue weighted by atomic mass is 9.71. The quantitative estimate of drug-likeness (QED) is 0.561. The van der Waals surface area contributed by atoms with Gasteiger partial charge in [-0.2, -0.15) is 13.2 Å². The van der Waals surface area contributed by atoms with Crippen LogP contribution in [-0.2, 0) is 9.53 Å². The fourth-order valence-electron chi connectivity index (χ4n) is 4.31. The summed E-state index contributed by atoms with van der Waals surface area (Å²) in [6, 6.07) is 0.695. The highest BCUT2D eigenvalue weighted by Gasteiger charge is 2.54. The molecule has 1 spiro atoms. The SMILES string of the molecule is CC(C)(C)OC(=O)N1CCC2(CCCN(C(c3ccc(Br)cn3)C(F)(F)F)C2=O)CC1. The van der Waals surface area contributed by atoms with Gasteiger partial charge in [0.1, 0.15) is 5.60 Å². The van der Waals surface area contributed by atoms with Gasteiger partial charge in [-0.3, -0.25) is 9.78 Å². The topological polar surface area (TPSA) is 62.7 Å². The van der Waals surface area contributed by atoms with Crippen LogP contribution in [0.15, 0.2) is 22.8 Å². The van der Waals surface area contributed by atoms with Crippen molar-refractivity contribution in [3.8, 4) is 0 Å². The van der Waals surface area contributed by atoms with Crippen LogP contribution in [0.1, 0.15) is 58.2 Å². The molecule has 0 aliphatic carbocycles. The van der Waals surface area contributed by atoms with Crippen LogP contribution < -0.4 is 0 Å². The van der Waals surface area contributed by atoms with E-state index in [-0.39, 0.29) is 25.3 Å². The largest absolute Gasteiger partial charge is 0.444 e. The van der Waals surface area contributed by atoms with Crippen LogP contribution in [0, 0.1) is 5.41 Å². The number of likely N-dealkylation sites (tertiary alicyclic amines) is 2. The first-order chi connectivity index (χ1) is 14.3. The Morgan fingerprint density at radius 3 is 2.32 bits per heavy atom. The molecule has 2 aliphatic rings. The number of hydrogen-bond acceptors (Lipinski definition) is 4. The number of alkyl halides is 3. The standard InChI is InChI=1S/C21H27BrF3N3O3/c1-19(2,3)31-18(30)27-11-8-20(9-12-27)7-4-10-28(17(20)29)16(21(23,24)25)15-6-5-14(22)13-26-15/h5-6,13,16H,4,7-12H2,1-3H3. The molecule has 0 radical (unpaired) electrons. The zero-order chi connectivity index (χ0) is 23.0. The van der Waals surface area contributed by atoms with E-state index in [1.165, 1.54) is 23.2 Å². The van der Waals surface area contributed by atoms with Crippen molar-refractivity contribution in [2.24, 2.45) is 5.41 Å². The number of piperidine rings is 2. The highest BCUT2D eigenvalue weighted by molar-refractivity contribution is 9.10. The number of amides is 2. The van der Waals surface area contributed by atoms with Gasteiger partial charge in [0.05, 0.1) is 11.1 Å². The van der Waals surface area contributed by atoms with Crippen molar-refractivity contribution < 1.29 is 27.5 Å². The molecule has 6 nitrogen and oxygen atoms in total. The summed E-state index contributed by atoms with van der Waals surface area (Å²) in [5.41, 5.74) is -1.73. The normalized spacial score (nSPS) is 20.7. The number of hydrogen-bond donors (Lipinski definition) is 0. The van der Waals surface area contributed by atoms with E-state index in [1.54, 1.807) is 20.8 Å². The first-order valence-electron chi connectivity index (χ1n) is 10.3. The van der Waals surface area contributed by atoms with E-state index in [0.717, 1.165) is 4.90 Å². The van der Waals surface area contributed by atoms with E-state index >= 15 is 0 Å². The maximum absolute atomic E-state index is 14.0. The molecule has 3 heterocycles. The second-order valence-corrected chi connectivity index (χ2v) is 10.1. The summed E-state index contributed by atoms with van der Waals surface area (Å²) in [6.07, 6.45) is -2.18. The van der Waals surface area contributed by atoms with Crippen LogP contribution in [0.2, 0.25) is 0 Å². The highest BCUT2D eigenvalue weighted by Crippen LogP contribution is 2.46. The summed E-state index contributed by atoms with van der Waals surface area (Å²) < 4.78 is 48.0. The summed E-state index contributed by atoms with van der Waals surface area (Å²) in [5, 5.41) is 0. The minimum absolute atomic E-state index is 0.0261.